The van der Waals surface area contributed by atoms with Crippen LogP contribution in [0.1, 0.15) is 38.2 Å². The van der Waals surface area contributed by atoms with E-state index in [1.165, 1.54) is 31.2 Å². The molecule has 78 valence electrons. The van der Waals surface area contributed by atoms with Crippen molar-refractivity contribution in [1.82, 2.24) is 5.32 Å². The molecule has 0 bridgehead atoms. The van der Waals surface area contributed by atoms with Gasteiger partial charge < -0.3 is 9.73 Å². The van der Waals surface area contributed by atoms with Gasteiger partial charge in [0.15, 0.2) is 0 Å². The molecule has 1 heterocycles. The van der Waals surface area contributed by atoms with Gasteiger partial charge in [-0.1, -0.05) is 12.8 Å². The van der Waals surface area contributed by atoms with Crippen molar-refractivity contribution in [1.29, 1.82) is 0 Å². The Bertz CT molecular complexity index is 249. The Labute approximate surface area is 85.7 Å². The second-order valence-electron chi connectivity index (χ2n) is 4.35. The van der Waals surface area contributed by atoms with Crippen LogP contribution < -0.4 is 5.32 Å². The third kappa shape index (κ3) is 2.38. The Hall–Kier alpha value is -0.760. The zero-order valence-electron chi connectivity index (χ0n) is 8.83. The molecule has 1 unspecified atom stereocenters. The second kappa shape index (κ2) is 4.65. The third-order valence-electron chi connectivity index (χ3n) is 3.32. The Morgan fingerprint density at radius 3 is 2.93 bits per heavy atom. The minimum Gasteiger partial charge on any atom is -0.472 e. The molecular weight excluding hydrogens is 174 g/mol. The van der Waals surface area contributed by atoms with Gasteiger partial charge in [0.25, 0.3) is 0 Å². The van der Waals surface area contributed by atoms with E-state index < -0.39 is 0 Å². The maximum atomic E-state index is 5.03. The van der Waals surface area contributed by atoms with Crippen LogP contribution in [0.15, 0.2) is 23.0 Å². The average molecular weight is 193 g/mol. The average Bonchev–Trinajstić information content (AvgIpc) is 2.87. The minimum absolute atomic E-state index is 0.646. The van der Waals surface area contributed by atoms with Crippen LogP contribution >= 0.6 is 0 Å². The van der Waals surface area contributed by atoms with Crippen molar-refractivity contribution in [2.24, 2.45) is 5.92 Å². The van der Waals surface area contributed by atoms with Crippen molar-refractivity contribution >= 4 is 0 Å². The van der Waals surface area contributed by atoms with Gasteiger partial charge >= 0.3 is 0 Å². The topological polar surface area (TPSA) is 25.2 Å². The quantitative estimate of drug-likeness (QED) is 0.795. The Morgan fingerprint density at radius 2 is 2.29 bits per heavy atom. The SMILES string of the molecule is CC(NCc1ccoc1)C1CCCC1. The number of hydrogen-bond acceptors (Lipinski definition) is 2. The molecular formula is C12H19NO. The van der Waals surface area contributed by atoms with E-state index in [0.29, 0.717) is 6.04 Å². The fraction of sp³-hybridized carbons (Fsp3) is 0.667. The first-order chi connectivity index (χ1) is 6.86. The van der Waals surface area contributed by atoms with E-state index in [0.717, 1.165) is 12.5 Å². The van der Waals surface area contributed by atoms with E-state index in [-0.39, 0.29) is 0 Å². The summed E-state index contributed by atoms with van der Waals surface area (Å²) in [4.78, 5) is 0. The van der Waals surface area contributed by atoms with Crippen molar-refractivity contribution < 1.29 is 4.42 Å². The molecule has 1 aromatic heterocycles. The maximum Gasteiger partial charge on any atom is 0.0947 e. The molecule has 2 rings (SSSR count). The lowest BCUT2D eigenvalue weighted by atomic mass is 10.00. The molecule has 0 aliphatic heterocycles. The first-order valence-electron chi connectivity index (χ1n) is 5.61. The smallest absolute Gasteiger partial charge is 0.0947 e. The van der Waals surface area contributed by atoms with Gasteiger partial charge in [-0.25, -0.2) is 0 Å². The molecule has 1 aliphatic carbocycles. The predicted molar refractivity (Wildman–Crippen MR) is 57.0 cm³/mol. The molecule has 0 radical (unpaired) electrons. The molecule has 0 saturated heterocycles. The van der Waals surface area contributed by atoms with Crippen LogP contribution in [0.5, 0.6) is 0 Å². The zero-order chi connectivity index (χ0) is 9.80. The highest BCUT2D eigenvalue weighted by molar-refractivity contribution is 5.04. The van der Waals surface area contributed by atoms with Crippen LogP contribution in [0.3, 0.4) is 0 Å². The van der Waals surface area contributed by atoms with Gasteiger partial charge in [0.2, 0.25) is 0 Å². The largest absolute Gasteiger partial charge is 0.472 e. The molecule has 1 N–H and O–H groups in total. The van der Waals surface area contributed by atoms with E-state index in [9.17, 15) is 0 Å². The van der Waals surface area contributed by atoms with Crippen LogP contribution in [0.4, 0.5) is 0 Å². The molecule has 0 spiro atoms. The van der Waals surface area contributed by atoms with Crippen LogP contribution in [0.2, 0.25) is 0 Å². The first kappa shape index (κ1) is 9.78. The molecule has 1 atom stereocenters. The van der Waals surface area contributed by atoms with Crippen molar-refractivity contribution in [3.63, 3.8) is 0 Å². The van der Waals surface area contributed by atoms with Gasteiger partial charge in [-0.05, 0) is 31.7 Å². The number of nitrogens with one attached hydrogen (secondary N) is 1. The number of furan rings is 1. The highest BCUT2D eigenvalue weighted by Gasteiger charge is 2.20. The normalized spacial score (nSPS) is 20.1. The van der Waals surface area contributed by atoms with Crippen molar-refractivity contribution in [3.8, 4) is 0 Å². The van der Waals surface area contributed by atoms with Gasteiger partial charge in [0.1, 0.15) is 0 Å². The summed E-state index contributed by atoms with van der Waals surface area (Å²) in [7, 11) is 0. The standard InChI is InChI=1S/C12H19NO/c1-10(12-4-2-3-5-12)13-8-11-6-7-14-9-11/h6-7,9-10,12-13H,2-5,8H2,1H3. The van der Waals surface area contributed by atoms with Crippen molar-refractivity contribution in [3.05, 3.63) is 24.2 Å². The Morgan fingerprint density at radius 1 is 1.50 bits per heavy atom. The van der Waals surface area contributed by atoms with Crippen molar-refractivity contribution in [2.75, 3.05) is 0 Å². The summed E-state index contributed by atoms with van der Waals surface area (Å²) in [6.45, 7) is 3.24. The number of rotatable bonds is 4. The van der Waals surface area contributed by atoms with Gasteiger partial charge in [-0.3, -0.25) is 0 Å². The lowest BCUT2D eigenvalue weighted by molar-refractivity contribution is 0.380. The molecule has 14 heavy (non-hydrogen) atoms. The third-order valence-corrected chi connectivity index (χ3v) is 3.32. The number of hydrogen-bond donors (Lipinski definition) is 1. The zero-order valence-corrected chi connectivity index (χ0v) is 8.83. The molecule has 2 nitrogen and oxygen atoms in total. The van der Waals surface area contributed by atoms with Gasteiger partial charge in [0.05, 0.1) is 12.5 Å². The van der Waals surface area contributed by atoms with E-state index >= 15 is 0 Å². The molecule has 2 heteroatoms. The molecule has 1 aliphatic rings. The fourth-order valence-electron chi connectivity index (χ4n) is 2.30. The summed E-state index contributed by atoms with van der Waals surface area (Å²) in [5.41, 5.74) is 1.25. The molecule has 1 saturated carbocycles. The molecule has 0 aromatic carbocycles. The first-order valence-corrected chi connectivity index (χ1v) is 5.61. The lowest BCUT2D eigenvalue weighted by Gasteiger charge is -2.19. The Balaban J connectivity index is 1.74. The minimum atomic E-state index is 0.646. The summed E-state index contributed by atoms with van der Waals surface area (Å²) in [5, 5.41) is 3.57. The Kier molecular flexibility index (Phi) is 3.25. The summed E-state index contributed by atoms with van der Waals surface area (Å²) in [6, 6.07) is 2.67. The summed E-state index contributed by atoms with van der Waals surface area (Å²) < 4.78 is 5.03. The summed E-state index contributed by atoms with van der Waals surface area (Å²) >= 11 is 0. The van der Waals surface area contributed by atoms with Crippen LogP contribution in [-0.4, -0.2) is 6.04 Å². The predicted octanol–water partition coefficient (Wildman–Crippen LogP) is 2.95. The highest BCUT2D eigenvalue weighted by atomic mass is 16.3. The van der Waals surface area contributed by atoms with E-state index in [1.807, 2.05) is 12.3 Å². The highest BCUT2D eigenvalue weighted by Crippen LogP contribution is 2.27. The van der Waals surface area contributed by atoms with Crippen LogP contribution in [0, 0.1) is 5.92 Å². The van der Waals surface area contributed by atoms with Crippen LogP contribution in [-0.2, 0) is 6.54 Å². The van der Waals surface area contributed by atoms with E-state index in [4.69, 9.17) is 4.42 Å². The second-order valence-corrected chi connectivity index (χ2v) is 4.35. The monoisotopic (exact) mass is 193 g/mol. The van der Waals surface area contributed by atoms with Gasteiger partial charge in [-0.2, -0.15) is 0 Å². The van der Waals surface area contributed by atoms with Crippen LogP contribution in [0.25, 0.3) is 0 Å². The molecule has 0 amide bonds. The van der Waals surface area contributed by atoms with E-state index in [1.54, 1.807) is 6.26 Å². The molecule has 1 fully saturated rings. The summed E-state index contributed by atoms with van der Waals surface area (Å²) in [5.74, 6) is 0.891. The maximum absolute atomic E-state index is 5.03. The van der Waals surface area contributed by atoms with Crippen molar-refractivity contribution in [2.45, 2.75) is 45.2 Å². The van der Waals surface area contributed by atoms with E-state index in [2.05, 4.69) is 12.2 Å². The fourth-order valence-corrected chi connectivity index (χ4v) is 2.30. The molecule has 1 aromatic rings. The van der Waals surface area contributed by atoms with Gasteiger partial charge in [0, 0.05) is 18.2 Å². The summed E-state index contributed by atoms with van der Waals surface area (Å²) in [6.07, 6.45) is 9.19. The van der Waals surface area contributed by atoms with Gasteiger partial charge in [-0.15, -0.1) is 0 Å². The lowest BCUT2D eigenvalue weighted by Crippen LogP contribution is -2.31.